The molecule has 6 nitrogen and oxygen atoms in total. The van der Waals surface area contributed by atoms with Gasteiger partial charge in [0.05, 0.1) is 6.54 Å². The topological polar surface area (TPSA) is 85.1 Å². The van der Waals surface area contributed by atoms with Gasteiger partial charge in [0, 0.05) is 17.8 Å². The lowest BCUT2D eigenvalue weighted by Gasteiger charge is -2.04. The Morgan fingerprint density at radius 1 is 1.13 bits per heavy atom. The summed E-state index contributed by atoms with van der Waals surface area (Å²) in [5.41, 5.74) is 1.54. The highest BCUT2D eigenvalue weighted by Crippen LogP contribution is 2.19. The van der Waals surface area contributed by atoms with E-state index in [0.29, 0.717) is 11.5 Å². The van der Waals surface area contributed by atoms with Crippen LogP contribution in [0.5, 0.6) is 0 Å². The van der Waals surface area contributed by atoms with Gasteiger partial charge >= 0.3 is 0 Å². The van der Waals surface area contributed by atoms with Crippen molar-refractivity contribution >= 4 is 21.6 Å². The number of nitrogens with zero attached hydrogens (tertiary/aromatic N) is 2. The SMILES string of the molecule is O=S(=O)(NCc1cc(-c2ccccc2)no1)c1ccc(Cl)nc1. The molecule has 8 heteroatoms. The van der Waals surface area contributed by atoms with Crippen LogP contribution in [0, 0.1) is 0 Å². The first-order valence-electron chi connectivity index (χ1n) is 6.67. The Balaban J connectivity index is 1.71. The Kier molecular flexibility index (Phi) is 4.42. The van der Waals surface area contributed by atoms with Crippen LogP contribution in [-0.4, -0.2) is 18.6 Å². The molecule has 0 saturated heterocycles. The summed E-state index contributed by atoms with van der Waals surface area (Å²) in [7, 11) is -3.69. The predicted molar refractivity (Wildman–Crippen MR) is 85.2 cm³/mol. The van der Waals surface area contributed by atoms with Crippen molar-refractivity contribution in [2.75, 3.05) is 0 Å². The molecule has 0 aliphatic rings. The predicted octanol–water partition coefficient (Wildman–Crippen LogP) is 2.87. The van der Waals surface area contributed by atoms with Crippen LogP contribution in [0.4, 0.5) is 0 Å². The maximum absolute atomic E-state index is 12.1. The van der Waals surface area contributed by atoms with E-state index in [4.69, 9.17) is 16.1 Å². The average molecular weight is 350 g/mol. The van der Waals surface area contributed by atoms with Gasteiger partial charge in [-0.15, -0.1) is 0 Å². The Morgan fingerprint density at radius 3 is 2.61 bits per heavy atom. The van der Waals surface area contributed by atoms with Gasteiger partial charge in [-0.3, -0.25) is 0 Å². The largest absolute Gasteiger partial charge is 0.359 e. The first kappa shape index (κ1) is 15.7. The molecule has 0 bridgehead atoms. The minimum absolute atomic E-state index is 0.00913. The summed E-state index contributed by atoms with van der Waals surface area (Å²) in [6, 6.07) is 14.0. The Morgan fingerprint density at radius 2 is 1.91 bits per heavy atom. The molecule has 0 atom stereocenters. The van der Waals surface area contributed by atoms with Gasteiger partial charge in [-0.25, -0.2) is 18.1 Å². The molecule has 0 fully saturated rings. The Bertz CT molecular complexity index is 893. The summed E-state index contributed by atoms with van der Waals surface area (Å²) >= 11 is 5.65. The molecule has 0 amide bonds. The van der Waals surface area contributed by atoms with Crippen molar-refractivity contribution in [2.24, 2.45) is 0 Å². The van der Waals surface area contributed by atoms with Crippen LogP contribution in [0.2, 0.25) is 5.15 Å². The molecule has 118 valence electrons. The number of nitrogens with one attached hydrogen (secondary N) is 1. The molecule has 2 aromatic heterocycles. The van der Waals surface area contributed by atoms with Crippen LogP contribution in [0.25, 0.3) is 11.3 Å². The molecule has 0 aliphatic carbocycles. The molecule has 1 aromatic carbocycles. The Labute approximate surface area is 138 Å². The van der Waals surface area contributed by atoms with Crippen LogP contribution < -0.4 is 4.72 Å². The van der Waals surface area contributed by atoms with Crippen molar-refractivity contribution in [1.29, 1.82) is 0 Å². The van der Waals surface area contributed by atoms with E-state index in [9.17, 15) is 8.42 Å². The second-order valence-electron chi connectivity index (χ2n) is 4.69. The summed E-state index contributed by atoms with van der Waals surface area (Å²) < 4.78 is 31.9. The molecule has 23 heavy (non-hydrogen) atoms. The smallest absolute Gasteiger partial charge is 0.242 e. The second-order valence-corrected chi connectivity index (χ2v) is 6.84. The molecule has 2 heterocycles. The first-order chi connectivity index (χ1) is 11.0. The fourth-order valence-corrected chi connectivity index (χ4v) is 2.96. The summed E-state index contributed by atoms with van der Waals surface area (Å²) in [6.45, 7) is -0.00913. The number of rotatable bonds is 5. The molecule has 3 rings (SSSR count). The minimum Gasteiger partial charge on any atom is -0.359 e. The zero-order chi connectivity index (χ0) is 16.3. The number of hydrogen-bond donors (Lipinski definition) is 1. The van der Waals surface area contributed by atoms with E-state index < -0.39 is 10.0 Å². The zero-order valence-corrected chi connectivity index (χ0v) is 13.4. The van der Waals surface area contributed by atoms with Crippen LogP contribution in [0.15, 0.2) is 64.1 Å². The third kappa shape index (κ3) is 3.76. The molecule has 0 aliphatic heterocycles. The van der Waals surface area contributed by atoms with Crippen molar-refractivity contribution in [1.82, 2.24) is 14.9 Å². The van der Waals surface area contributed by atoms with E-state index in [2.05, 4.69) is 14.9 Å². The first-order valence-corrected chi connectivity index (χ1v) is 8.53. The number of aromatic nitrogens is 2. The monoisotopic (exact) mass is 349 g/mol. The molecular weight excluding hydrogens is 338 g/mol. The van der Waals surface area contributed by atoms with Gasteiger partial charge in [0.2, 0.25) is 10.0 Å². The van der Waals surface area contributed by atoms with Crippen LogP contribution in [0.3, 0.4) is 0 Å². The van der Waals surface area contributed by atoms with Crippen LogP contribution >= 0.6 is 11.6 Å². The normalized spacial score (nSPS) is 11.5. The average Bonchev–Trinajstić information content (AvgIpc) is 3.03. The third-order valence-corrected chi connectivity index (χ3v) is 4.69. The number of halogens is 1. The zero-order valence-electron chi connectivity index (χ0n) is 11.8. The highest BCUT2D eigenvalue weighted by Gasteiger charge is 2.16. The maximum Gasteiger partial charge on any atom is 0.242 e. The number of sulfonamides is 1. The van der Waals surface area contributed by atoms with Gasteiger partial charge in [0.1, 0.15) is 15.7 Å². The van der Waals surface area contributed by atoms with Gasteiger partial charge in [-0.2, -0.15) is 0 Å². The molecule has 0 saturated carbocycles. The third-order valence-electron chi connectivity index (χ3n) is 3.08. The quantitative estimate of drug-likeness (QED) is 0.716. The van der Waals surface area contributed by atoms with Crippen LogP contribution in [-0.2, 0) is 16.6 Å². The van der Waals surface area contributed by atoms with Gasteiger partial charge < -0.3 is 4.52 Å². The summed E-state index contributed by atoms with van der Waals surface area (Å²) in [5, 5.41) is 4.16. The van der Waals surface area contributed by atoms with E-state index in [1.165, 1.54) is 18.3 Å². The molecule has 0 radical (unpaired) electrons. The van der Waals surface area contributed by atoms with E-state index in [-0.39, 0.29) is 16.6 Å². The van der Waals surface area contributed by atoms with Crippen LogP contribution in [0.1, 0.15) is 5.76 Å². The molecular formula is C15H12ClN3O3S. The summed E-state index contributed by atoms with van der Waals surface area (Å²) in [6.07, 6.45) is 1.19. The lowest BCUT2D eigenvalue weighted by Crippen LogP contribution is -2.23. The van der Waals surface area contributed by atoms with Gasteiger partial charge in [0.15, 0.2) is 5.76 Å². The highest BCUT2D eigenvalue weighted by molar-refractivity contribution is 7.89. The van der Waals surface area contributed by atoms with Crippen molar-refractivity contribution in [2.45, 2.75) is 11.4 Å². The second kappa shape index (κ2) is 6.49. The fraction of sp³-hybridized carbons (Fsp3) is 0.0667. The molecule has 0 unspecified atom stereocenters. The van der Waals surface area contributed by atoms with Gasteiger partial charge in [-0.05, 0) is 12.1 Å². The van der Waals surface area contributed by atoms with E-state index in [1.807, 2.05) is 30.3 Å². The van der Waals surface area contributed by atoms with Crippen molar-refractivity contribution in [3.05, 3.63) is 65.6 Å². The van der Waals surface area contributed by atoms with Crippen molar-refractivity contribution in [3.8, 4) is 11.3 Å². The number of pyridine rings is 1. The molecule has 1 N–H and O–H groups in total. The van der Waals surface area contributed by atoms with E-state index in [0.717, 1.165) is 5.56 Å². The summed E-state index contributed by atoms with van der Waals surface area (Å²) in [5.74, 6) is 0.411. The Hall–Kier alpha value is -2.22. The van der Waals surface area contributed by atoms with Crippen molar-refractivity contribution < 1.29 is 12.9 Å². The maximum atomic E-state index is 12.1. The highest BCUT2D eigenvalue weighted by atomic mass is 35.5. The van der Waals surface area contributed by atoms with E-state index >= 15 is 0 Å². The molecule has 3 aromatic rings. The van der Waals surface area contributed by atoms with E-state index in [1.54, 1.807) is 6.07 Å². The fourth-order valence-electron chi connectivity index (χ4n) is 1.91. The lowest BCUT2D eigenvalue weighted by atomic mass is 10.1. The van der Waals surface area contributed by atoms with Gasteiger partial charge in [0.25, 0.3) is 0 Å². The number of benzene rings is 1. The van der Waals surface area contributed by atoms with Crippen molar-refractivity contribution in [3.63, 3.8) is 0 Å². The lowest BCUT2D eigenvalue weighted by molar-refractivity contribution is 0.382. The number of hydrogen-bond acceptors (Lipinski definition) is 5. The standard InChI is InChI=1S/C15H12ClN3O3S/c16-15-7-6-13(10-17-15)23(20,21)18-9-12-8-14(19-22-12)11-4-2-1-3-5-11/h1-8,10,18H,9H2. The van der Waals surface area contributed by atoms with Gasteiger partial charge in [-0.1, -0.05) is 47.1 Å². The minimum atomic E-state index is -3.69. The molecule has 0 spiro atoms. The summed E-state index contributed by atoms with van der Waals surface area (Å²) in [4.78, 5) is 3.79.